The summed E-state index contributed by atoms with van der Waals surface area (Å²) in [7, 11) is -0.572. The van der Waals surface area contributed by atoms with E-state index in [1.165, 1.54) is 0 Å². The summed E-state index contributed by atoms with van der Waals surface area (Å²) in [5.41, 5.74) is 1.83. The maximum atomic E-state index is 6.19. The lowest BCUT2D eigenvalue weighted by molar-refractivity contribution is 0.109. The van der Waals surface area contributed by atoms with Crippen molar-refractivity contribution in [2.45, 2.75) is 45.3 Å². The van der Waals surface area contributed by atoms with Crippen molar-refractivity contribution in [3.63, 3.8) is 0 Å². The quantitative estimate of drug-likeness (QED) is 0.863. The second-order valence-electron chi connectivity index (χ2n) is 6.50. The van der Waals surface area contributed by atoms with E-state index in [0.29, 0.717) is 5.04 Å². The molecule has 0 spiro atoms. The van der Waals surface area contributed by atoms with E-state index in [4.69, 9.17) is 4.43 Å². The third kappa shape index (κ3) is 3.00. The first-order valence-corrected chi connectivity index (χ1v) is 7.64. The molecular formula is C14H22N2OSi. The molecule has 4 heteroatoms. The number of H-pyrrole nitrogens is 1. The fourth-order valence-corrected chi connectivity index (χ4v) is 2.71. The largest absolute Gasteiger partial charge is 0.414 e. The van der Waals surface area contributed by atoms with Crippen LogP contribution in [0, 0.1) is 0 Å². The van der Waals surface area contributed by atoms with E-state index in [0.717, 1.165) is 16.6 Å². The molecule has 0 saturated heterocycles. The molecule has 0 radical (unpaired) electrons. The predicted octanol–water partition coefficient (Wildman–Crippen LogP) is 3.12. The number of aromatic amines is 1. The van der Waals surface area contributed by atoms with Gasteiger partial charge < -0.3 is 9.41 Å². The molecule has 2 aromatic heterocycles. The van der Waals surface area contributed by atoms with Gasteiger partial charge in [-0.05, 0) is 31.0 Å². The van der Waals surface area contributed by atoms with Crippen molar-refractivity contribution in [2.24, 2.45) is 0 Å². The molecule has 0 fully saturated rings. The molecular weight excluding hydrogens is 240 g/mol. The Morgan fingerprint density at radius 1 is 1.22 bits per heavy atom. The molecule has 0 aromatic carbocycles. The topological polar surface area (TPSA) is 37.9 Å². The monoisotopic (exact) mass is 262 g/mol. The van der Waals surface area contributed by atoms with Crippen LogP contribution in [0.2, 0.25) is 5.04 Å². The lowest BCUT2D eigenvalue weighted by atomic mass is 10.00. The molecule has 2 rings (SSSR count). The lowest BCUT2D eigenvalue weighted by Gasteiger charge is -2.30. The van der Waals surface area contributed by atoms with Crippen LogP contribution in [0.5, 0.6) is 0 Å². The zero-order valence-electron chi connectivity index (χ0n) is 11.9. The van der Waals surface area contributed by atoms with Crippen molar-refractivity contribution < 1.29 is 4.43 Å². The molecule has 0 saturated carbocycles. The van der Waals surface area contributed by atoms with E-state index in [9.17, 15) is 0 Å². The minimum absolute atomic E-state index is 0.252. The highest BCUT2D eigenvalue weighted by atomic mass is 28.2. The normalized spacial score (nSPS) is 13.8. The number of rotatable bonds is 3. The highest BCUT2D eigenvalue weighted by molar-refractivity contribution is 6.31. The minimum atomic E-state index is -0.572. The average molecular weight is 262 g/mol. The zero-order valence-corrected chi connectivity index (χ0v) is 13.3. The van der Waals surface area contributed by atoms with Crippen LogP contribution in [-0.4, -0.2) is 19.7 Å². The number of nitrogens with one attached hydrogen (secondary N) is 1. The summed E-state index contributed by atoms with van der Waals surface area (Å²) < 4.78 is 6.19. The smallest absolute Gasteiger partial charge is 0.168 e. The van der Waals surface area contributed by atoms with Crippen LogP contribution in [0.4, 0.5) is 0 Å². The predicted molar refractivity (Wildman–Crippen MR) is 78.5 cm³/mol. The van der Waals surface area contributed by atoms with Crippen LogP contribution >= 0.6 is 0 Å². The van der Waals surface area contributed by atoms with Gasteiger partial charge in [-0.25, -0.2) is 4.98 Å². The van der Waals surface area contributed by atoms with Crippen LogP contribution in [0.3, 0.4) is 0 Å². The average Bonchev–Trinajstić information content (AvgIpc) is 2.72. The third-order valence-electron chi connectivity index (χ3n) is 2.96. The second kappa shape index (κ2) is 4.52. The maximum absolute atomic E-state index is 6.19. The molecule has 98 valence electrons. The number of fused-ring (bicyclic) bond motifs is 1. The molecule has 0 aliphatic rings. The van der Waals surface area contributed by atoms with E-state index >= 15 is 0 Å². The molecule has 1 N–H and O–H groups in total. The highest BCUT2D eigenvalue weighted by Gasteiger charge is 2.25. The first kappa shape index (κ1) is 13.3. The van der Waals surface area contributed by atoms with Crippen molar-refractivity contribution >= 4 is 20.8 Å². The summed E-state index contributed by atoms with van der Waals surface area (Å²) in [6, 6.07) is 4.21. The lowest BCUT2D eigenvalue weighted by Crippen LogP contribution is -2.27. The van der Waals surface area contributed by atoms with Gasteiger partial charge in [0.1, 0.15) is 5.65 Å². The Bertz CT molecular complexity index is 540. The fourth-order valence-electron chi connectivity index (χ4n) is 1.75. The molecule has 2 heterocycles. The number of hydrogen-bond donors (Lipinski definition) is 1. The molecule has 0 bridgehead atoms. The van der Waals surface area contributed by atoms with Gasteiger partial charge >= 0.3 is 0 Å². The van der Waals surface area contributed by atoms with Crippen molar-refractivity contribution in [1.29, 1.82) is 0 Å². The molecule has 18 heavy (non-hydrogen) atoms. The highest BCUT2D eigenvalue weighted by Crippen LogP contribution is 2.30. The van der Waals surface area contributed by atoms with Crippen molar-refractivity contribution in [3.8, 4) is 0 Å². The Balaban J connectivity index is 2.22. The fraction of sp³-hybridized carbons (Fsp3) is 0.500. The van der Waals surface area contributed by atoms with Gasteiger partial charge in [0.05, 0.1) is 5.60 Å². The first-order valence-electron chi connectivity index (χ1n) is 6.35. The standard InChI is InChI=1S/C14H22N2OSi/c1-13(2,3)18-17-14(4,5)11-8-10-6-7-15-12(10)16-9-11/h6-9H,18H2,1-5H3,(H,15,16). The van der Waals surface area contributed by atoms with Gasteiger partial charge in [0.15, 0.2) is 9.76 Å². The Kier molecular flexibility index (Phi) is 3.34. The van der Waals surface area contributed by atoms with Crippen LogP contribution in [0.1, 0.15) is 40.2 Å². The third-order valence-corrected chi connectivity index (χ3v) is 4.69. The van der Waals surface area contributed by atoms with E-state index in [-0.39, 0.29) is 5.60 Å². The summed E-state index contributed by atoms with van der Waals surface area (Å²) in [4.78, 5) is 7.54. The van der Waals surface area contributed by atoms with Gasteiger partial charge in [-0.1, -0.05) is 20.8 Å². The first-order chi connectivity index (χ1) is 8.28. The molecule has 0 atom stereocenters. The summed E-state index contributed by atoms with van der Waals surface area (Å²) in [6.07, 6.45) is 3.83. The molecule has 2 aromatic rings. The van der Waals surface area contributed by atoms with E-state index in [1.807, 2.05) is 18.5 Å². The number of nitrogens with zero attached hydrogens (tertiary/aromatic N) is 1. The van der Waals surface area contributed by atoms with E-state index in [2.05, 4.69) is 50.7 Å². The zero-order chi connectivity index (χ0) is 13.4. The number of aromatic nitrogens is 2. The van der Waals surface area contributed by atoms with E-state index in [1.54, 1.807) is 0 Å². The van der Waals surface area contributed by atoms with E-state index < -0.39 is 9.76 Å². The summed E-state index contributed by atoms with van der Waals surface area (Å²) in [5.74, 6) is 0. The maximum Gasteiger partial charge on any atom is 0.168 e. The summed E-state index contributed by atoms with van der Waals surface area (Å²) in [5, 5.41) is 1.45. The number of hydrogen-bond acceptors (Lipinski definition) is 2. The van der Waals surface area contributed by atoms with Gasteiger partial charge in [-0.15, -0.1) is 0 Å². The van der Waals surface area contributed by atoms with Crippen LogP contribution < -0.4 is 0 Å². The second-order valence-corrected chi connectivity index (χ2v) is 9.20. The van der Waals surface area contributed by atoms with Gasteiger partial charge in [-0.3, -0.25) is 0 Å². The van der Waals surface area contributed by atoms with Crippen LogP contribution in [-0.2, 0) is 10.0 Å². The Morgan fingerprint density at radius 2 is 1.94 bits per heavy atom. The summed E-state index contributed by atoms with van der Waals surface area (Å²) in [6.45, 7) is 11.0. The van der Waals surface area contributed by atoms with Crippen molar-refractivity contribution in [2.75, 3.05) is 0 Å². The molecule has 0 amide bonds. The molecule has 3 nitrogen and oxygen atoms in total. The van der Waals surface area contributed by atoms with Crippen molar-refractivity contribution in [3.05, 3.63) is 30.1 Å². The Hall–Kier alpha value is -1.13. The van der Waals surface area contributed by atoms with Gasteiger partial charge in [0.2, 0.25) is 0 Å². The number of pyridine rings is 1. The van der Waals surface area contributed by atoms with Gasteiger partial charge in [-0.2, -0.15) is 0 Å². The SMILES string of the molecule is CC(C)(C)[SiH2]OC(C)(C)c1cnc2[nH]ccc2c1. The molecule has 0 unspecified atom stereocenters. The molecule has 0 aliphatic heterocycles. The Morgan fingerprint density at radius 3 is 2.61 bits per heavy atom. The molecule has 0 aliphatic carbocycles. The van der Waals surface area contributed by atoms with Crippen molar-refractivity contribution in [1.82, 2.24) is 9.97 Å². The summed E-state index contributed by atoms with van der Waals surface area (Å²) >= 11 is 0. The minimum Gasteiger partial charge on any atom is -0.414 e. The van der Waals surface area contributed by atoms with Crippen LogP contribution in [0.25, 0.3) is 11.0 Å². The van der Waals surface area contributed by atoms with Gasteiger partial charge in [0.25, 0.3) is 0 Å². The van der Waals surface area contributed by atoms with Gasteiger partial charge in [0, 0.05) is 23.3 Å². The van der Waals surface area contributed by atoms with Crippen LogP contribution in [0.15, 0.2) is 24.5 Å². The Labute approximate surface area is 111 Å².